The fourth-order valence-corrected chi connectivity index (χ4v) is 3.53. The SMILES string of the molecule is COc1cc(-c2cc(-c3cn(C)c(C)n3)n3ncnc(N)c23)ccc1NC(=O)OC(C)(C)C. The highest BCUT2D eigenvalue weighted by molar-refractivity contribution is 5.93. The van der Waals surface area contributed by atoms with Crippen LogP contribution in [0.1, 0.15) is 26.6 Å². The largest absolute Gasteiger partial charge is 0.495 e. The van der Waals surface area contributed by atoms with Crippen LogP contribution in [0.2, 0.25) is 0 Å². The summed E-state index contributed by atoms with van der Waals surface area (Å²) in [4.78, 5) is 21.0. The number of aryl methyl sites for hydroxylation is 2. The fraction of sp³-hybridized carbons (Fsp3) is 0.304. The molecule has 3 heterocycles. The Bertz CT molecular complexity index is 1330. The van der Waals surface area contributed by atoms with Gasteiger partial charge in [0.1, 0.15) is 34.7 Å². The van der Waals surface area contributed by atoms with Gasteiger partial charge in [-0.1, -0.05) is 6.07 Å². The number of methoxy groups -OCH3 is 1. The van der Waals surface area contributed by atoms with Crippen LogP contribution in [0.4, 0.5) is 16.3 Å². The number of carbonyl (C=O) groups excluding carboxylic acids is 1. The normalized spacial score (nSPS) is 11.6. The van der Waals surface area contributed by atoms with Gasteiger partial charge in [-0.25, -0.2) is 19.3 Å². The number of anilines is 2. The molecule has 4 rings (SSSR count). The summed E-state index contributed by atoms with van der Waals surface area (Å²) in [5, 5.41) is 7.14. The number of amides is 1. The molecule has 0 saturated carbocycles. The number of aromatic nitrogens is 5. The van der Waals surface area contributed by atoms with Crippen LogP contribution in [0.25, 0.3) is 28.0 Å². The average Bonchev–Trinajstić information content (AvgIpc) is 3.28. The molecule has 0 radical (unpaired) electrons. The molecule has 0 fully saturated rings. The molecule has 1 aromatic carbocycles. The van der Waals surface area contributed by atoms with Gasteiger partial charge in [-0.05, 0) is 51.5 Å². The van der Waals surface area contributed by atoms with Crippen LogP contribution in [0, 0.1) is 6.92 Å². The lowest BCUT2D eigenvalue weighted by atomic mass is 10.1. The molecule has 0 aliphatic rings. The molecule has 0 unspecified atom stereocenters. The number of nitrogens with one attached hydrogen (secondary N) is 1. The van der Waals surface area contributed by atoms with E-state index in [1.54, 1.807) is 31.4 Å². The number of fused-ring (bicyclic) bond motifs is 1. The number of ether oxygens (including phenoxy) is 2. The predicted molar refractivity (Wildman–Crippen MR) is 126 cm³/mol. The van der Waals surface area contributed by atoms with Gasteiger partial charge in [0.2, 0.25) is 0 Å². The first-order valence-electron chi connectivity index (χ1n) is 10.4. The summed E-state index contributed by atoms with van der Waals surface area (Å²) in [5.41, 5.74) is 9.97. The zero-order valence-electron chi connectivity index (χ0n) is 19.5. The first-order chi connectivity index (χ1) is 15.6. The molecule has 3 aromatic heterocycles. The minimum Gasteiger partial charge on any atom is -0.495 e. The second kappa shape index (κ2) is 8.12. The molecule has 0 aliphatic heterocycles. The van der Waals surface area contributed by atoms with Gasteiger partial charge < -0.3 is 19.8 Å². The van der Waals surface area contributed by atoms with Gasteiger partial charge in [0.25, 0.3) is 0 Å². The average molecular weight is 450 g/mol. The summed E-state index contributed by atoms with van der Waals surface area (Å²) in [6.07, 6.45) is 2.79. The highest BCUT2D eigenvalue weighted by Crippen LogP contribution is 2.37. The van der Waals surface area contributed by atoms with E-state index in [-0.39, 0.29) is 0 Å². The molecule has 0 saturated heterocycles. The van der Waals surface area contributed by atoms with Crippen LogP contribution in [0.5, 0.6) is 5.75 Å². The van der Waals surface area contributed by atoms with Crippen LogP contribution in [0.15, 0.2) is 36.8 Å². The Labute approximate surface area is 191 Å². The molecule has 0 spiro atoms. The summed E-state index contributed by atoms with van der Waals surface area (Å²) in [5.74, 6) is 1.69. The standard InChI is InChI=1S/C23H27N7O3/c1-13-27-17(11-29(13)5)18-10-15(20-21(24)25-12-26-30(18)20)14-7-8-16(19(9-14)32-6)28-22(31)33-23(2,3)4/h7-12H,1-6H3,(H,28,31)(H2,24,25,26). The van der Waals surface area contributed by atoms with Gasteiger partial charge in [0.15, 0.2) is 5.82 Å². The van der Waals surface area contributed by atoms with E-state index in [4.69, 9.17) is 15.2 Å². The maximum Gasteiger partial charge on any atom is 0.412 e. The van der Waals surface area contributed by atoms with Crippen LogP contribution >= 0.6 is 0 Å². The molecular weight excluding hydrogens is 422 g/mol. The molecule has 3 N–H and O–H groups in total. The number of rotatable bonds is 4. The Balaban J connectivity index is 1.80. The Kier molecular flexibility index (Phi) is 5.44. The second-order valence-electron chi connectivity index (χ2n) is 8.68. The number of carbonyl (C=O) groups is 1. The lowest BCUT2D eigenvalue weighted by molar-refractivity contribution is 0.0635. The van der Waals surface area contributed by atoms with E-state index in [0.29, 0.717) is 22.8 Å². The molecule has 0 bridgehead atoms. The van der Waals surface area contributed by atoms with Gasteiger partial charge in [0.05, 0.1) is 18.5 Å². The van der Waals surface area contributed by atoms with Gasteiger partial charge >= 0.3 is 6.09 Å². The van der Waals surface area contributed by atoms with E-state index in [9.17, 15) is 4.79 Å². The summed E-state index contributed by atoms with van der Waals surface area (Å²) < 4.78 is 14.6. The first kappa shape index (κ1) is 22.1. The van der Waals surface area contributed by atoms with Gasteiger partial charge in [-0.15, -0.1) is 0 Å². The van der Waals surface area contributed by atoms with Crippen LogP contribution in [-0.4, -0.2) is 43.0 Å². The van der Waals surface area contributed by atoms with Crippen molar-refractivity contribution in [3.8, 4) is 28.3 Å². The molecular formula is C23H27N7O3. The molecule has 33 heavy (non-hydrogen) atoms. The Morgan fingerprint density at radius 3 is 2.61 bits per heavy atom. The lowest BCUT2D eigenvalue weighted by Gasteiger charge is -2.20. The van der Waals surface area contributed by atoms with Crippen molar-refractivity contribution in [2.75, 3.05) is 18.2 Å². The zero-order chi connectivity index (χ0) is 23.9. The summed E-state index contributed by atoms with van der Waals surface area (Å²) in [6.45, 7) is 7.35. The molecule has 10 heteroatoms. The van der Waals surface area contributed by atoms with Crippen molar-refractivity contribution in [2.45, 2.75) is 33.3 Å². The topological polar surface area (TPSA) is 122 Å². The fourth-order valence-electron chi connectivity index (χ4n) is 3.53. The molecule has 0 atom stereocenters. The third-order valence-electron chi connectivity index (χ3n) is 5.10. The molecule has 10 nitrogen and oxygen atoms in total. The zero-order valence-corrected chi connectivity index (χ0v) is 19.5. The molecule has 1 amide bonds. The van der Waals surface area contributed by atoms with Gasteiger partial charge in [0, 0.05) is 18.8 Å². The van der Waals surface area contributed by atoms with Crippen LogP contribution < -0.4 is 15.8 Å². The van der Waals surface area contributed by atoms with E-state index in [2.05, 4.69) is 20.4 Å². The minimum absolute atomic E-state index is 0.342. The number of hydrogen-bond acceptors (Lipinski definition) is 7. The smallest absolute Gasteiger partial charge is 0.412 e. The Morgan fingerprint density at radius 1 is 1.21 bits per heavy atom. The first-order valence-corrected chi connectivity index (χ1v) is 10.4. The van der Waals surface area contributed by atoms with E-state index in [0.717, 1.165) is 28.3 Å². The second-order valence-corrected chi connectivity index (χ2v) is 8.68. The number of nitrogens with zero attached hydrogens (tertiary/aromatic N) is 5. The van der Waals surface area contributed by atoms with Crippen molar-refractivity contribution in [1.29, 1.82) is 0 Å². The van der Waals surface area contributed by atoms with E-state index >= 15 is 0 Å². The number of hydrogen-bond donors (Lipinski definition) is 2. The summed E-state index contributed by atoms with van der Waals surface area (Å²) in [7, 11) is 3.48. The monoisotopic (exact) mass is 449 g/mol. The highest BCUT2D eigenvalue weighted by atomic mass is 16.6. The Hall–Kier alpha value is -4.08. The number of nitrogens with two attached hydrogens (primary N) is 1. The van der Waals surface area contributed by atoms with Gasteiger partial charge in [-0.3, -0.25) is 5.32 Å². The van der Waals surface area contributed by atoms with Crippen molar-refractivity contribution < 1.29 is 14.3 Å². The van der Waals surface area contributed by atoms with Crippen molar-refractivity contribution in [3.63, 3.8) is 0 Å². The van der Waals surface area contributed by atoms with Crippen LogP contribution in [-0.2, 0) is 11.8 Å². The third-order valence-corrected chi connectivity index (χ3v) is 5.10. The Morgan fingerprint density at radius 2 is 1.97 bits per heavy atom. The number of nitrogen functional groups attached to an aromatic ring is 1. The quantitative estimate of drug-likeness (QED) is 0.482. The molecule has 172 valence electrons. The van der Waals surface area contributed by atoms with E-state index in [1.807, 2.05) is 42.9 Å². The molecule has 0 aliphatic carbocycles. The number of benzene rings is 1. The van der Waals surface area contributed by atoms with Gasteiger partial charge in [-0.2, -0.15) is 5.10 Å². The lowest BCUT2D eigenvalue weighted by Crippen LogP contribution is -2.27. The number of imidazole rings is 1. The van der Waals surface area contributed by atoms with Crippen molar-refractivity contribution in [2.24, 2.45) is 7.05 Å². The predicted octanol–water partition coefficient (Wildman–Crippen LogP) is 4.04. The maximum atomic E-state index is 12.2. The molecule has 4 aromatic rings. The minimum atomic E-state index is -0.611. The summed E-state index contributed by atoms with van der Waals surface area (Å²) >= 11 is 0. The van der Waals surface area contributed by atoms with E-state index in [1.165, 1.54) is 13.4 Å². The van der Waals surface area contributed by atoms with E-state index < -0.39 is 11.7 Å². The van der Waals surface area contributed by atoms with Crippen molar-refractivity contribution >= 4 is 23.1 Å². The highest BCUT2D eigenvalue weighted by Gasteiger charge is 2.21. The summed E-state index contributed by atoms with van der Waals surface area (Å²) in [6, 6.07) is 7.41. The van der Waals surface area contributed by atoms with Crippen LogP contribution in [0.3, 0.4) is 0 Å². The van der Waals surface area contributed by atoms with Crippen molar-refractivity contribution in [3.05, 3.63) is 42.6 Å². The maximum absolute atomic E-state index is 12.2. The third kappa shape index (κ3) is 4.32. The van der Waals surface area contributed by atoms with Crippen molar-refractivity contribution in [1.82, 2.24) is 24.1 Å².